The molecule has 1 aromatic rings. The molecule has 3 rings (SSSR count). The van der Waals surface area contributed by atoms with Crippen molar-refractivity contribution in [2.24, 2.45) is 23.5 Å². The minimum atomic E-state index is -1.08. The molecule has 5 nitrogen and oxygen atoms in total. The van der Waals surface area contributed by atoms with Crippen LogP contribution in [0.2, 0.25) is 0 Å². The van der Waals surface area contributed by atoms with Crippen LogP contribution >= 0.6 is 0 Å². The third-order valence-corrected chi connectivity index (χ3v) is 5.41. The highest BCUT2D eigenvalue weighted by atomic mass is 19.2. The molecule has 136 valence electrons. The molecule has 2 unspecified atom stereocenters. The summed E-state index contributed by atoms with van der Waals surface area (Å²) in [6.45, 7) is 1.26. The lowest BCUT2D eigenvalue weighted by Gasteiger charge is -2.43. The molecular weight excluding hydrogens is 328 g/mol. The van der Waals surface area contributed by atoms with Crippen LogP contribution in [0.1, 0.15) is 39.0 Å². The lowest BCUT2D eigenvalue weighted by Crippen LogP contribution is -2.48. The van der Waals surface area contributed by atoms with Gasteiger partial charge < -0.3 is 16.4 Å². The Bertz CT molecular complexity index is 681. The Hall–Kier alpha value is -2.02. The third-order valence-electron chi connectivity index (χ3n) is 5.41. The van der Waals surface area contributed by atoms with Gasteiger partial charge in [-0.15, -0.1) is 0 Å². The molecule has 25 heavy (non-hydrogen) atoms. The molecule has 2 atom stereocenters. The van der Waals surface area contributed by atoms with E-state index < -0.39 is 17.5 Å². The molecule has 2 amide bonds. The van der Waals surface area contributed by atoms with Gasteiger partial charge in [0.05, 0.1) is 11.4 Å². The summed E-state index contributed by atoms with van der Waals surface area (Å²) in [5.41, 5.74) is 6.36. The number of hydrogen-bond acceptors (Lipinski definition) is 3. The van der Waals surface area contributed by atoms with Gasteiger partial charge in [0.2, 0.25) is 11.8 Å². The number of fused-ring (bicyclic) bond motifs is 2. The maximum Gasteiger partial charge on any atom is 0.227 e. The van der Waals surface area contributed by atoms with Gasteiger partial charge in [0.25, 0.3) is 0 Å². The van der Waals surface area contributed by atoms with Crippen molar-refractivity contribution < 1.29 is 18.4 Å². The fourth-order valence-electron chi connectivity index (χ4n) is 4.18. The number of carbonyl (C=O) groups is 2. The van der Waals surface area contributed by atoms with Crippen molar-refractivity contribution in [2.45, 2.75) is 45.1 Å². The molecule has 0 aliphatic heterocycles. The number of amides is 2. The summed E-state index contributed by atoms with van der Waals surface area (Å²) in [5, 5.41) is 5.07. The summed E-state index contributed by atoms with van der Waals surface area (Å²) < 4.78 is 27.0. The standard InChI is InChI=1S/C18H23F2N3O2/c1-9(24)22-15-7-13(19)14(20)8-16(15)23-18(25)12-5-10-3-2-4-11(6-12)17(10)21/h7-8,10-12,17H,2-6,21H2,1H3,(H,22,24)(H,23,25). The SMILES string of the molecule is CC(=O)Nc1cc(F)c(F)cc1NC(=O)C1CC2CCCC(C1)C2N. The first-order valence-corrected chi connectivity index (χ1v) is 8.68. The molecule has 0 aromatic heterocycles. The molecule has 2 bridgehead atoms. The zero-order valence-electron chi connectivity index (χ0n) is 14.1. The van der Waals surface area contributed by atoms with Crippen LogP contribution in [0.4, 0.5) is 20.2 Å². The van der Waals surface area contributed by atoms with Crippen LogP contribution in [-0.2, 0) is 9.59 Å². The van der Waals surface area contributed by atoms with Gasteiger partial charge >= 0.3 is 0 Å². The van der Waals surface area contributed by atoms with Crippen LogP contribution < -0.4 is 16.4 Å². The average Bonchev–Trinajstić information content (AvgIpc) is 2.51. The highest BCUT2D eigenvalue weighted by molar-refractivity contribution is 5.99. The topological polar surface area (TPSA) is 84.2 Å². The smallest absolute Gasteiger partial charge is 0.227 e. The molecule has 7 heteroatoms. The molecule has 4 N–H and O–H groups in total. The molecule has 0 heterocycles. The van der Waals surface area contributed by atoms with Crippen LogP contribution in [0.5, 0.6) is 0 Å². The van der Waals surface area contributed by atoms with Crippen LogP contribution in [0.3, 0.4) is 0 Å². The summed E-state index contributed by atoms with van der Waals surface area (Å²) in [4.78, 5) is 23.9. The van der Waals surface area contributed by atoms with Crippen LogP contribution in [0.25, 0.3) is 0 Å². The third kappa shape index (κ3) is 3.81. The van der Waals surface area contributed by atoms with Crippen LogP contribution in [0, 0.1) is 29.4 Å². The number of nitrogens with one attached hydrogen (secondary N) is 2. The van der Waals surface area contributed by atoms with E-state index in [-0.39, 0.29) is 29.2 Å². The summed E-state index contributed by atoms with van der Waals surface area (Å²) in [6.07, 6.45) is 4.63. The number of carbonyl (C=O) groups excluding carboxylic acids is 2. The number of halogens is 2. The average molecular weight is 351 g/mol. The van der Waals surface area contributed by atoms with Gasteiger partial charge in [-0.05, 0) is 37.5 Å². The maximum atomic E-state index is 13.6. The van der Waals surface area contributed by atoms with Gasteiger partial charge in [-0.3, -0.25) is 9.59 Å². The molecule has 0 radical (unpaired) electrons. The molecule has 2 aliphatic carbocycles. The van der Waals surface area contributed by atoms with Gasteiger partial charge in [0.1, 0.15) is 0 Å². The second-order valence-electron chi connectivity index (χ2n) is 7.18. The number of benzene rings is 1. The Kier molecular flexibility index (Phi) is 5.03. The normalized spacial score (nSPS) is 28.3. The first-order valence-electron chi connectivity index (χ1n) is 8.68. The first kappa shape index (κ1) is 17.8. The molecular formula is C18H23F2N3O2. The van der Waals surface area contributed by atoms with Gasteiger partial charge in [-0.25, -0.2) is 8.78 Å². The van der Waals surface area contributed by atoms with Crippen molar-refractivity contribution in [3.8, 4) is 0 Å². The number of hydrogen-bond donors (Lipinski definition) is 3. The lowest BCUT2D eigenvalue weighted by molar-refractivity contribution is -0.122. The molecule has 0 saturated heterocycles. The van der Waals surface area contributed by atoms with E-state index in [0.29, 0.717) is 24.7 Å². The number of anilines is 2. The fraction of sp³-hybridized carbons (Fsp3) is 0.556. The Morgan fingerprint density at radius 3 is 2.08 bits per heavy atom. The van der Waals surface area contributed by atoms with Gasteiger partial charge in [0, 0.05) is 31.0 Å². The molecule has 2 saturated carbocycles. The van der Waals surface area contributed by atoms with E-state index in [1.807, 2.05) is 0 Å². The molecule has 2 fully saturated rings. The van der Waals surface area contributed by atoms with Crippen molar-refractivity contribution in [3.63, 3.8) is 0 Å². The predicted molar refractivity (Wildman–Crippen MR) is 90.8 cm³/mol. The largest absolute Gasteiger partial charge is 0.327 e. The lowest BCUT2D eigenvalue weighted by atomic mass is 9.65. The van der Waals surface area contributed by atoms with E-state index in [4.69, 9.17) is 5.73 Å². The van der Waals surface area contributed by atoms with E-state index in [0.717, 1.165) is 31.4 Å². The monoisotopic (exact) mass is 351 g/mol. The highest BCUT2D eigenvalue weighted by Crippen LogP contribution is 2.42. The van der Waals surface area contributed by atoms with Crippen molar-refractivity contribution in [1.29, 1.82) is 0 Å². The van der Waals surface area contributed by atoms with Crippen LogP contribution in [-0.4, -0.2) is 17.9 Å². The van der Waals surface area contributed by atoms with E-state index in [1.165, 1.54) is 6.92 Å². The maximum absolute atomic E-state index is 13.6. The fourth-order valence-corrected chi connectivity index (χ4v) is 4.18. The van der Waals surface area contributed by atoms with E-state index in [1.54, 1.807) is 0 Å². The predicted octanol–water partition coefficient (Wildman–Crippen LogP) is 3.02. The summed E-state index contributed by atoms with van der Waals surface area (Å²) in [7, 11) is 0. The summed E-state index contributed by atoms with van der Waals surface area (Å²) in [5.74, 6) is -2.35. The Morgan fingerprint density at radius 2 is 1.56 bits per heavy atom. The summed E-state index contributed by atoms with van der Waals surface area (Å²) in [6, 6.07) is 1.92. The summed E-state index contributed by atoms with van der Waals surface area (Å²) >= 11 is 0. The van der Waals surface area contributed by atoms with Crippen LogP contribution in [0.15, 0.2) is 12.1 Å². The Labute approximate surface area is 145 Å². The minimum Gasteiger partial charge on any atom is -0.327 e. The van der Waals surface area contributed by atoms with E-state index in [9.17, 15) is 18.4 Å². The van der Waals surface area contributed by atoms with Crippen molar-refractivity contribution in [3.05, 3.63) is 23.8 Å². The van der Waals surface area contributed by atoms with Crippen molar-refractivity contribution >= 4 is 23.2 Å². The zero-order valence-corrected chi connectivity index (χ0v) is 14.1. The minimum absolute atomic E-state index is 0.0486. The second-order valence-corrected chi connectivity index (χ2v) is 7.18. The van der Waals surface area contributed by atoms with Gasteiger partial charge in [-0.2, -0.15) is 0 Å². The van der Waals surface area contributed by atoms with Crippen molar-refractivity contribution in [2.75, 3.05) is 10.6 Å². The molecule has 2 aliphatic rings. The zero-order chi connectivity index (χ0) is 18.1. The van der Waals surface area contributed by atoms with Gasteiger partial charge in [-0.1, -0.05) is 6.42 Å². The number of rotatable bonds is 3. The highest BCUT2D eigenvalue weighted by Gasteiger charge is 2.40. The second kappa shape index (κ2) is 7.07. The Morgan fingerprint density at radius 1 is 1.04 bits per heavy atom. The number of nitrogens with two attached hydrogens (primary N) is 1. The van der Waals surface area contributed by atoms with Gasteiger partial charge in [0.15, 0.2) is 11.6 Å². The van der Waals surface area contributed by atoms with E-state index in [2.05, 4.69) is 10.6 Å². The molecule has 0 spiro atoms. The molecule has 1 aromatic carbocycles. The first-order chi connectivity index (χ1) is 11.8. The van der Waals surface area contributed by atoms with E-state index >= 15 is 0 Å². The quantitative estimate of drug-likeness (QED) is 0.783. The Balaban J connectivity index is 1.76. The van der Waals surface area contributed by atoms with Crippen molar-refractivity contribution in [1.82, 2.24) is 0 Å².